The van der Waals surface area contributed by atoms with E-state index in [0.717, 1.165) is 0 Å². The van der Waals surface area contributed by atoms with Gasteiger partial charge in [-0.25, -0.2) is 4.79 Å². The first-order chi connectivity index (χ1) is 11.1. The van der Waals surface area contributed by atoms with E-state index in [1.165, 1.54) is 48.7 Å². The van der Waals surface area contributed by atoms with Gasteiger partial charge >= 0.3 is 11.9 Å². The first kappa shape index (κ1) is 26.8. The van der Waals surface area contributed by atoms with Gasteiger partial charge in [0.15, 0.2) is 0 Å². The molecule has 0 N–H and O–H groups in total. The van der Waals surface area contributed by atoms with E-state index in [1.807, 2.05) is 6.92 Å². The Morgan fingerprint density at radius 3 is 1.79 bits per heavy atom. The van der Waals surface area contributed by atoms with Crippen molar-refractivity contribution in [2.45, 2.75) is 39.5 Å². The van der Waals surface area contributed by atoms with E-state index in [4.69, 9.17) is 4.74 Å². The van der Waals surface area contributed by atoms with Gasteiger partial charge in [0.25, 0.3) is 0 Å². The molecule has 0 atom stereocenters. The van der Waals surface area contributed by atoms with Crippen LogP contribution in [0.1, 0.15) is 39.5 Å². The van der Waals surface area contributed by atoms with Crippen LogP contribution in [0.4, 0.5) is 0 Å². The molecule has 0 amide bonds. The number of hydrogen-bond acceptors (Lipinski definition) is 5. The maximum Gasteiger partial charge on any atom is 0.356 e. The predicted octanol–water partition coefficient (Wildman–Crippen LogP) is 0.423. The highest BCUT2D eigenvalue weighted by Gasteiger charge is 2.27. The summed E-state index contributed by atoms with van der Waals surface area (Å²) in [6.45, 7) is 4.62. The van der Waals surface area contributed by atoms with Gasteiger partial charge in [0.1, 0.15) is 16.8 Å². The molecule has 2 saturated heterocycles. The smallest absolute Gasteiger partial charge is 0.356 e. The lowest BCUT2D eigenvalue weighted by molar-refractivity contribution is -0.140. The molecular weight excluding hydrogens is 480 g/mol. The molecule has 0 bridgehead atoms. The fraction of sp³-hybridized carbons (Fsp3) is 0.875. The van der Waals surface area contributed by atoms with Gasteiger partial charge < -0.3 is 26.5 Å². The molecule has 8 heteroatoms. The Hall–Kier alpha value is 0.600. The molecule has 0 unspecified atom stereocenters. The number of esters is 2. The zero-order chi connectivity index (χ0) is 17.3. The number of halogens is 2. The zero-order valence-corrected chi connectivity index (χ0v) is 19.5. The Balaban J connectivity index is 0. The van der Waals surface area contributed by atoms with Gasteiger partial charge in [-0.05, 0) is 61.9 Å². The summed E-state index contributed by atoms with van der Waals surface area (Å²) in [6, 6.07) is 0. The minimum absolute atomic E-state index is 0. The lowest BCUT2D eigenvalue weighted by atomic mass is 10.4. The maximum atomic E-state index is 11.0. The molecule has 2 rings (SSSR count). The molecule has 0 aromatic heterocycles. The summed E-state index contributed by atoms with van der Waals surface area (Å²) in [5.74, 6) is 5.80. The Labute approximate surface area is 172 Å². The van der Waals surface area contributed by atoms with Crippen LogP contribution in [0, 0.1) is 0 Å². The minimum atomic E-state index is -0.206. The summed E-state index contributed by atoms with van der Waals surface area (Å²) >= 11 is 5.02. The molecular formula is C16H30Br2O4S2. The number of alkyl halides is 1. The van der Waals surface area contributed by atoms with E-state index in [2.05, 4.69) is 32.4 Å². The van der Waals surface area contributed by atoms with Gasteiger partial charge in [0.2, 0.25) is 5.75 Å². The quantitative estimate of drug-likeness (QED) is 0.305. The fourth-order valence-electron chi connectivity index (χ4n) is 1.94. The summed E-state index contributed by atoms with van der Waals surface area (Å²) in [5.41, 5.74) is 0. The van der Waals surface area contributed by atoms with Crippen molar-refractivity contribution >= 4 is 50.5 Å². The zero-order valence-electron chi connectivity index (χ0n) is 14.7. The van der Waals surface area contributed by atoms with E-state index in [9.17, 15) is 9.59 Å². The molecule has 0 aromatic carbocycles. The van der Waals surface area contributed by atoms with Crippen LogP contribution < -0.4 is 17.0 Å². The molecule has 2 heterocycles. The van der Waals surface area contributed by atoms with Gasteiger partial charge in [-0.2, -0.15) is 11.8 Å². The van der Waals surface area contributed by atoms with Crippen LogP contribution in [0.3, 0.4) is 0 Å². The van der Waals surface area contributed by atoms with Crippen molar-refractivity contribution in [3.8, 4) is 0 Å². The molecule has 24 heavy (non-hydrogen) atoms. The van der Waals surface area contributed by atoms with Crippen LogP contribution in [0.2, 0.25) is 0 Å². The third-order valence-corrected chi connectivity index (χ3v) is 6.97. The second-order valence-electron chi connectivity index (χ2n) is 4.94. The van der Waals surface area contributed by atoms with Crippen molar-refractivity contribution in [3.63, 3.8) is 0 Å². The third kappa shape index (κ3) is 17.4. The average molecular weight is 510 g/mol. The van der Waals surface area contributed by atoms with Gasteiger partial charge in [-0.15, -0.1) is 0 Å². The lowest BCUT2D eigenvalue weighted by Crippen LogP contribution is -3.00. The number of thioether (sulfide) groups is 1. The molecule has 0 radical (unpaired) electrons. The molecule has 2 fully saturated rings. The van der Waals surface area contributed by atoms with Crippen molar-refractivity contribution in [1.29, 1.82) is 0 Å². The average Bonchev–Trinajstić information content (AvgIpc) is 3.24. The molecule has 2 aliphatic rings. The summed E-state index contributed by atoms with van der Waals surface area (Å²) < 4.78 is 9.38. The Morgan fingerprint density at radius 2 is 1.46 bits per heavy atom. The maximum absolute atomic E-state index is 11.0. The second kappa shape index (κ2) is 19.9. The topological polar surface area (TPSA) is 52.6 Å². The van der Waals surface area contributed by atoms with Gasteiger partial charge in [0.05, 0.1) is 13.2 Å². The second-order valence-corrected chi connectivity index (χ2v) is 9.05. The molecule has 4 nitrogen and oxygen atoms in total. The summed E-state index contributed by atoms with van der Waals surface area (Å²) in [4.78, 5) is 21.1. The van der Waals surface area contributed by atoms with Crippen LogP contribution in [0.25, 0.3) is 0 Å². The molecule has 2 aliphatic heterocycles. The normalized spacial score (nSPS) is 16.0. The van der Waals surface area contributed by atoms with Crippen molar-refractivity contribution in [3.05, 3.63) is 0 Å². The highest BCUT2D eigenvalue weighted by molar-refractivity contribution is 9.09. The highest BCUT2D eigenvalue weighted by Crippen LogP contribution is 2.14. The Morgan fingerprint density at radius 1 is 0.958 bits per heavy atom. The predicted molar refractivity (Wildman–Crippen MR) is 105 cm³/mol. The number of rotatable bonds is 5. The first-order valence-electron chi connectivity index (χ1n) is 8.23. The SMILES string of the molecule is C1CCSC1.CCOC(=O)CBr.CCOC(=O)C[S+]1CCCC1.[Br-]. The largest absolute Gasteiger partial charge is 1.00 e. The fourth-order valence-corrected chi connectivity index (χ4v) is 5.25. The van der Waals surface area contributed by atoms with Crippen LogP contribution in [-0.2, 0) is 30.0 Å². The van der Waals surface area contributed by atoms with Crippen LogP contribution >= 0.6 is 27.7 Å². The van der Waals surface area contributed by atoms with Crippen molar-refractivity contribution in [2.24, 2.45) is 0 Å². The molecule has 0 spiro atoms. The number of carbonyl (C=O) groups is 2. The van der Waals surface area contributed by atoms with Crippen molar-refractivity contribution < 1.29 is 36.0 Å². The summed E-state index contributed by atoms with van der Waals surface area (Å²) in [7, 11) is 0.367. The van der Waals surface area contributed by atoms with Gasteiger partial charge in [-0.1, -0.05) is 15.9 Å². The van der Waals surface area contributed by atoms with E-state index in [0.29, 0.717) is 35.2 Å². The Bertz CT molecular complexity index is 303. The molecule has 0 aliphatic carbocycles. The van der Waals surface area contributed by atoms with Gasteiger partial charge in [-0.3, -0.25) is 4.79 Å². The molecule has 0 saturated carbocycles. The summed E-state index contributed by atoms with van der Waals surface area (Å²) in [6.07, 6.45) is 5.54. The first-order valence-corrected chi connectivity index (χ1v) is 12.2. The van der Waals surface area contributed by atoms with E-state index in [1.54, 1.807) is 6.92 Å². The van der Waals surface area contributed by atoms with Crippen molar-refractivity contribution in [2.75, 3.05) is 47.3 Å². The van der Waals surface area contributed by atoms with Gasteiger partial charge in [0, 0.05) is 0 Å². The number of carbonyl (C=O) groups excluding carboxylic acids is 2. The molecule has 0 aromatic rings. The highest BCUT2D eigenvalue weighted by atomic mass is 79.9. The minimum Gasteiger partial charge on any atom is -1.00 e. The Kier molecular flexibility index (Phi) is 22.3. The van der Waals surface area contributed by atoms with E-state index >= 15 is 0 Å². The standard InChI is InChI=1S/C8H15O2S.C4H7BrO2.C4H8S.BrH/c1-2-10-8(9)7-11-5-3-4-6-11;1-2-7-4(6)3-5;1-2-4-5-3-1;/h2-7H2,1H3;2-3H2,1H3;1-4H2;1H/q+1;;;/p-1. The van der Waals surface area contributed by atoms with Crippen LogP contribution in [-0.4, -0.2) is 59.2 Å². The monoisotopic (exact) mass is 508 g/mol. The van der Waals surface area contributed by atoms with Crippen LogP contribution in [0.5, 0.6) is 0 Å². The number of hydrogen-bond donors (Lipinski definition) is 0. The van der Waals surface area contributed by atoms with Crippen LogP contribution in [0.15, 0.2) is 0 Å². The number of ether oxygens (including phenoxy) is 2. The lowest BCUT2D eigenvalue weighted by Gasteiger charge is -2.00. The van der Waals surface area contributed by atoms with Crippen molar-refractivity contribution in [1.82, 2.24) is 0 Å². The van der Waals surface area contributed by atoms with E-state index in [-0.39, 0.29) is 28.9 Å². The third-order valence-electron chi connectivity index (χ3n) is 2.99. The van der Waals surface area contributed by atoms with E-state index < -0.39 is 0 Å². The summed E-state index contributed by atoms with van der Waals surface area (Å²) in [5, 5.41) is 0.292. The molecule has 144 valence electrons.